The van der Waals surface area contributed by atoms with Gasteiger partial charge in [0.25, 0.3) is 5.91 Å². The summed E-state index contributed by atoms with van der Waals surface area (Å²) in [6.45, 7) is 0.231. The van der Waals surface area contributed by atoms with Gasteiger partial charge in [-0.1, -0.05) is 0 Å². The van der Waals surface area contributed by atoms with E-state index in [9.17, 15) is 19.2 Å². The zero-order valence-corrected chi connectivity index (χ0v) is 20.2. The number of carboxylic acid groups (broad SMARTS) is 2. The van der Waals surface area contributed by atoms with Crippen LogP contribution in [-0.2, 0) is 35.6 Å². The average Bonchev–Trinajstić information content (AvgIpc) is 2.75. The number of nitrogens with one attached hydrogen (secondary N) is 3. The summed E-state index contributed by atoms with van der Waals surface area (Å²) in [5.41, 5.74) is 6.47. The summed E-state index contributed by atoms with van der Waals surface area (Å²) in [7, 11) is 0. The topological polar surface area (TPSA) is 213 Å². The Morgan fingerprint density at radius 1 is 1.12 bits per heavy atom. The van der Waals surface area contributed by atoms with E-state index in [4.69, 9.17) is 15.9 Å². The monoisotopic (exact) mass is 505 g/mol. The maximum Gasteiger partial charge on any atom is 0.326 e. The standard InChI is InChI=1S/C19H19N7O6.Zn/c20-19-25-15-14(17(30)26-19)23-11(8-22-15)7-21-10-3-1-9(2-4-10)16(29)24-12(18(31)32)5-6-13(27)28;/h1-4,8,12,21H,5-7H2,(H,24,29)(H,27,28)(H,31,32)(H3,20,22,25,26,30);/t12-;/m0./s1. The summed E-state index contributed by atoms with van der Waals surface area (Å²) < 4.78 is 0. The molecule has 0 saturated carbocycles. The smallest absolute Gasteiger partial charge is 0.326 e. The Balaban J connectivity index is 0.00000385. The van der Waals surface area contributed by atoms with Crippen molar-refractivity contribution in [2.24, 2.45) is 0 Å². The van der Waals surface area contributed by atoms with Crippen LogP contribution in [0.25, 0.3) is 11.2 Å². The maximum atomic E-state index is 12.3. The van der Waals surface area contributed by atoms with E-state index < -0.39 is 29.4 Å². The van der Waals surface area contributed by atoms with Gasteiger partial charge in [0, 0.05) is 37.1 Å². The summed E-state index contributed by atoms with van der Waals surface area (Å²) in [6.07, 6.45) is 0.858. The molecule has 0 fully saturated rings. The number of carbonyl (C=O) groups excluding carboxylic acids is 1. The van der Waals surface area contributed by atoms with Gasteiger partial charge in [0.05, 0.1) is 18.4 Å². The molecular weight excluding hydrogens is 488 g/mol. The number of hydrogen-bond acceptors (Lipinski definition) is 9. The molecule has 0 radical (unpaired) electrons. The Morgan fingerprint density at radius 2 is 1.82 bits per heavy atom. The molecule has 3 aromatic rings. The molecule has 0 aliphatic carbocycles. The minimum absolute atomic E-state index is 0. The number of amides is 1. The third kappa shape index (κ3) is 6.78. The largest absolute Gasteiger partial charge is 0.481 e. The SMILES string of the molecule is Nc1nc(=O)c2nc(CNc3ccc(C(=O)N[C@@H](CCC(=O)O)C(=O)O)cc3)cnc2[nH]1.[Zn]. The minimum atomic E-state index is -1.31. The fraction of sp³-hybridized carbons (Fsp3) is 0.211. The third-order valence-corrected chi connectivity index (χ3v) is 4.36. The second kappa shape index (κ2) is 11.1. The van der Waals surface area contributed by atoms with Crippen LogP contribution in [0.15, 0.2) is 35.3 Å². The average molecular weight is 507 g/mol. The van der Waals surface area contributed by atoms with E-state index in [1.807, 2.05) is 0 Å². The van der Waals surface area contributed by atoms with Crippen LogP contribution in [-0.4, -0.2) is 54.0 Å². The molecule has 1 aromatic carbocycles. The Hall–Kier alpha value is -3.93. The van der Waals surface area contributed by atoms with Crippen molar-refractivity contribution >= 4 is 40.6 Å². The van der Waals surface area contributed by atoms with Crippen molar-refractivity contribution in [3.05, 3.63) is 52.1 Å². The van der Waals surface area contributed by atoms with Gasteiger partial charge in [-0.2, -0.15) is 4.98 Å². The van der Waals surface area contributed by atoms with Crippen LogP contribution in [0.1, 0.15) is 28.9 Å². The number of rotatable bonds is 9. The van der Waals surface area contributed by atoms with Crippen LogP contribution in [0, 0.1) is 0 Å². The zero-order valence-electron chi connectivity index (χ0n) is 17.2. The van der Waals surface area contributed by atoms with Gasteiger partial charge < -0.3 is 31.6 Å². The second-order valence-corrected chi connectivity index (χ2v) is 6.71. The fourth-order valence-electron chi connectivity index (χ4n) is 2.76. The van der Waals surface area contributed by atoms with Gasteiger partial charge in [0.15, 0.2) is 11.2 Å². The number of aromatic amines is 1. The number of nitrogens with two attached hydrogens (primary N) is 1. The Kier molecular flexibility index (Phi) is 8.51. The molecule has 14 heteroatoms. The molecule has 13 nitrogen and oxygen atoms in total. The van der Waals surface area contributed by atoms with E-state index in [0.29, 0.717) is 11.4 Å². The Labute approximate surface area is 198 Å². The van der Waals surface area contributed by atoms with Gasteiger partial charge >= 0.3 is 17.5 Å². The third-order valence-electron chi connectivity index (χ3n) is 4.36. The predicted octanol–water partition coefficient (Wildman–Crippen LogP) is -0.0473. The summed E-state index contributed by atoms with van der Waals surface area (Å²) >= 11 is 0. The van der Waals surface area contributed by atoms with E-state index in [1.54, 1.807) is 12.1 Å². The van der Waals surface area contributed by atoms with Gasteiger partial charge in [0.1, 0.15) is 6.04 Å². The van der Waals surface area contributed by atoms with Crippen LogP contribution in [0.2, 0.25) is 0 Å². The molecule has 1 amide bonds. The number of aliphatic carboxylic acids is 2. The predicted molar refractivity (Wildman–Crippen MR) is 112 cm³/mol. The number of carbonyl (C=O) groups is 3. The molecule has 7 N–H and O–H groups in total. The fourth-order valence-corrected chi connectivity index (χ4v) is 2.76. The molecule has 0 saturated heterocycles. The van der Waals surface area contributed by atoms with Crippen molar-refractivity contribution in [3.63, 3.8) is 0 Å². The molecule has 0 aliphatic heterocycles. The number of anilines is 2. The summed E-state index contributed by atoms with van der Waals surface area (Å²) in [4.78, 5) is 60.5. The van der Waals surface area contributed by atoms with Crippen LogP contribution >= 0.6 is 0 Å². The number of nitrogen functional groups attached to an aromatic ring is 1. The van der Waals surface area contributed by atoms with Crippen LogP contribution in [0.4, 0.5) is 11.6 Å². The Bertz CT molecular complexity index is 1230. The number of nitrogens with zero attached hydrogens (tertiary/aromatic N) is 3. The molecule has 0 bridgehead atoms. The van der Waals surface area contributed by atoms with E-state index >= 15 is 0 Å². The second-order valence-electron chi connectivity index (χ2n) is 6.71. The number of aromatic nitrogens is 4. The van der Waals surface area contributed by atoms with E-state index in [2.05, 4.69) is 30.6 Å². The van der Waals surface area contributed by atoms with Crippen LogP contribution in [0.3, 0.4) is 0 Å². The Morgan fingerprint density at radius 3 is 2.45 bits per heavy atom. The van der Waals surface area contributed by atoms with Crippen molar-refractivity contribution in [1.82, 2.24) is 25.3 Å². The summed E-state index contributed by atoms with van der Waals surface area (Å²) in [6, 6.07) is 4.86. The first-order valence-electron chi connectivity index (χ1n) is 9.33. The summed E-state index contributed by atoms with van der Waals surface area (Å²) in [5.74, 6) is -3.16. The maximum absolute atomic E-state index is 12.3. The molecule has 3 rings (SSSR count). The molecule has 2 heterocycles. The van der Waals surface area contributed by atoms with Gasteiger partial charge in [-0.15, -0.1) is 0 Å². The minimum Gasteiger partial charge on any atom is -0.481 e. The van der Waals surface area contributed by atoms with Crippen molar-refractivity contribution in [1.29, 1.82) is 0 Å². The number of hydrogen-bond donors (Lipinski definition) is 6. The summed E-state index contributed by atoms with van der Waals surface area (Å²) in [5, 5.41) is 23.2. The van der Waals surface area contributed by atoms with Crippen molar-refractivity contribution in [3.8, 4) is 0 Å². The van der Waals surface area contributed by atoms with E-state index in [-0.39, 0.29) is 61.5 Å². The van der Waals surface area contributed by atoms with Crippen molar-refractivity contribution in [2.75, 3.05) is 11.1 Å². The quantitative estimate of drug-likeness (QED) is 0.212. The molecule has 0 unspecified atom stereocenters. The number of benzene rings is 1. The number of fused-ring (bicyclic) bond motifs is 1. The van der Waals surface area contributed by atoms with E-state index in [1.165, 1.54) is 18.3 Å². The number of H-pyrrole nitrogens is 1. The molecule has 1 atom stereocenters. The molecule has 2 aromatic heterocycles. The van der Waals surface area contributed by atoms with Gasteiger partial charge in [-0.3, -0.25) is 14.4 Å². The molecule has 0 aliphatic rings. The van der Waals surface area contributed by atoms with Crippen LogP contribution in [0.5, 0.6) is 0 Å². The number of carboxylic acids is 2. The molecule has 168 valence electrons. The van der Waals surface area contributed by atoms with Crippen molar-refractivity contribution in [2.45, 2.75) is 25.4 Å². The van der Waals surface area contributed by atoms with Gasteiger partial charge in [-0.05, 0) is 30.7 Å². The molecule has 33 heavy (non-hydrogen) atoms. The first kappa shape index (κ1) is 25.3. The molecular formula is C19H19N7O6Zn. The normalized spacial score (nSPS) is 11.3. The van der Waals surface area contributed by atoms with Crippen LogP contribution < -0.4 is 21.9 Å². The molecule has 0 spiro atoms. The van der Waals surface area contributed by atoms with Gasteiger partial charge in [0.2, 0.25) is 5.95 Å². The zero-order chi connectivity index (χ0) is 23.3. The van der Waals surface area contributed by atoms with Gasteiger partial charge in [-0.25, -0.2) is 14.8 Å². The van der Waals surface area contributed by atoms with Crippen molar-refractivity contribution < 1.29 is 44.1 Å². The first-order valence-corrected chi connectivity index (χ1v) is 9.33. The van der Waals surface area contributed by atoms with E-state index in [0.717, 1.165) is 0 Å². The first-order chi connectivity index (χ1) is 15.2.